The van der Waals surface area contributed by atoms with Crippen molar-refractivity contribution in [1.29, 1.82) is 0 Å². The van der Waals surface area contributed by atoms with Gasteiger partial charge in [0.25, 0.3) is 5.91 Å². The van der Waals surface area contributed by atoms with Gasteiger partial charge in [-0.3, -0.25) is 4.79 Å². The van der Waals surface area contributed by atoms with E-state index in [0.29, 0.717) is 5.56 Å². The van der Waals surface area contributed by atoms with Crippen molar-refractivity contribution in [3.63, 3.8) is 0 Å². The van der Waals surface area contributed by atoms with Gasteiger partial charge < -0.3 is 10.4 Å². The Kier molecular flexibility index (Phi) is 5.96. The highest BCUT2D eigenvalue weighted by atomic mass is 79.9. The second-order valence-electron chi connectivity index (χ2n) is 5.21. The molecule has 0 saturated heterocycles. The molecule has 0 fully saturated rings. The summed E-state index contributed by atoms with van der Waals surface area (Å²) in [4.78, 5) is 23.7. The van der Waals surface area contributed by atoms with Crippen LogP contribution in [0.4, 0.5) is 0 Å². The van der Waals surface area contributed by atoms with Crippen LogP contribution in [-0.4, -0.2) is 23.0 Å². The minimum Gasteiger partial charge on any atom is -0.480 e. The summed E-state index contributed by atoms with van der Waals surface area (Å²) in [6.45, 7) is 1.96. The first-order chi connectivity index (χ1) is 10.8. The summed E-state index contributed by atoms with van der Waals surface area (Å²) in [7, 11) is 0. The van der Waals surface area contributed by atoms with Crippen LogP contribution in [0.2, 0.25) is 0 Å². The topological polar surface area (TPSA) is 66.4 Å². The van der Waals surface area contributed by atoms with E-state index >= 15 is 0 Å². The number of carbonyl (C=O) groups excluding carboxylic acids is 1. The molecule has 0 radical (unpaired) electrons. The Hall–Kier alpha value is -1.66. The van der Waals surface area contributed by atoms with E-state index in [2.05, 4.69) is 37.2 Å². The Morgan fingerprint density at radius 2 is 1.65 bits per heavy atom. The lowest BCUT2D eigenvalue weighted by molar-refractivity contribution is -0.139. The number of amides is 1. The molecule has 0 aromatic heterocycles. The van der Waals surface area contributed by atoms with Crippen LogP contribution in [0.25, 0.3) is 0 Å². The summed E-state index contributed by atoms with van der Waals surface area (Å²) in [5.74, 6) is -1.49. The van der Waals surface area contributed by atoms with E-state index in [1.807, 2.05) is 31.2 Å². The van der Waals surface area contributed by atoms with Crippen molar-refractivity contribution >= 4 is 43.7 Å². The number of carbonyl (C=O) groups is 2. The van der Waals surface area contributed by atoms with Gasteiger partial charge in [0.05, 0.1) is 0 Å². The van der Waals surface area contributed by atoms with E-state index in [1.165, 1.54) is 0 Å². The van der Waals surface area contributed by atoms with Crippen LogP contribution in [-0.2, 0) is 11.2 Å². The van der Waals surface area contributed by atoms with E-state index in [-0.39, 0.29) is 6.42 Å². The highest BCUT2D eigenvalue weighted by Gasteiger charge is 2.21. The molecule has 1 atom stereocenters. The number of hydrogen-bond donors (Lipinski definition) is 2. The predicted octanol–water partition coefficient (Wildman–Crippen LogP) is 3.95. The van der Waals surface area contributed by atoms with Gasteiger partial charge in [-0.05, 0) is 30.7 Å². The van der Waals surface area contributed by atoms with Crippen LogP contribution in [0, 0.1) is 6.92 Å². The summed E-state index contributed by atoms with van der Waals surface area (Å²) in [6.07, 6.45) is 0.233. The summed E-state index contributed by atoms with van der Waals surface area (Å²) < 4.78 is 1.48. The molecule has 0 spiro atoms. The average molecular weight is 441 g/mol. The van der Waals surface area contributed by atoms with Gasteiger partial charge in [0.15, 0.2) is 0 Å². The smallest absolute Gasteiger partial charge is 0.326 e. The maximum absolute atomic E-state index is 12.3. The third-order valence-corrected chi connectivity index (χ3v) is 4.20. The summed E-state index contributed by atoms with van der Waals surface area (Å²) in [5.41, 5.74) is 2.35. The Morgan fingerprint density at radius 1 is 1.09 bits per heavy atom. The predicted molar refractivity (Wildman–Crippen MR) is 95.6 cm³/mol. The fraction of sp³-hybridized carbons (Fsp3) is 0.176. The molecule has 0 unspecified atom stereocenters. The standard InChI is InChI=1S/C17H15Br2NO3/c1-10-2-4-11(5-3-10)6-15(17(22)23)20-16(21)12-7-13(18)9-14(19)8-12/h2-5,7-9,15H,6H2,1H3,(H,20,21)(H,22,23)/t15-/m1/s1. The van der Waals surface area contributed by atoms with Crippen molar-refractivity contribution in [3.05, 3.63) is 68.1 Å². The molecule has 0 aliphatic heterocycles. The number of carboxylic acids is 1. The second-order valence-corrected chi connectivity index (χ2v) is 7.04. The molecule has 120 valence electrons. The number of aryl methyl sites for hydroxylation is 1. The van der Waals surface area contributed by atoms with Gasteiger partial charge in [-0.2, -0.15) is 0 Å². The van der Waals surface area contributed by atoms with Gasteiger partial charge >= 0.3 is 5.97 Å². The van der Waals surface area contributed by atoms with Crippen molar-refractivity contribution in [2.45, 2.75) is 19.4 Å². The minimum absolute atomic E-state index is 0.233. The molecule has 2 N–H and O–H groups in total. The molecule has 0 aliphatic carbocycles. The Morgan fingerprint density at radius 3 is 2.17 bits per heavy atom. The van der Waals surface area contributed by atoms with Gasteiger partial charge in [-0.15, -0.1) is 0 Å². The number of halogens is 2. The molecular formula is C17H15Br2NO3. The van der Waals surface area contributed by atoms with Gasteiger partial charge in [0.1, 0.15) is 6.04 Å². The lowest BCUT2D eigenvalue weighted by atomic mass is 10.0. The van der Waals surface area contributed by atoms with E-state index in [9.17, 15) is 14.7 Å². The van der Waals surface area contributed by atoms with Crippen molar-refractivity contribution < 1.29 is 14.7 Å². The third kappa shape index (κ3) is 5.18. The van der Waals surface area contributed by atoms with Crippen molar-refractivity contribution in [1.82, 2.24) is 5.32 Å². The number of nitrogens with one attached hydrogen (secondary N) is 1. The van der Waals surface area contributed by atoms with E-state index in [1.54, 1.807) is 18.2 Å². The molecule has 0 heterocycles. The fourth-order valence-corrected chi connectivity index (χ4v) is 3.38. The van der Waals surface area contributed by atoms with Crippen LogP contribution in [0.1, 0.15) is 21.5 Å². The summed E-state index contributed by atoms with van der Waals surface area (Å²) in [6, 6.07) is 11.7. The highest BCUT2D eigenvalue weighted by molar-refractivity contribution is 9.11. The molecule has 0 aliphatic rings. The minimum atomic E-state index is -1.06. The monoisotopic (exact) mass is 439 g/mol. The van der Waals surface area contributed by atoms with Crippen LogP contribution in [0.3, 0.4) is 0 Å². The third-order valence-electron chi connectivity index (χ3n) is 3.29. The Labute approximate surface area is 151 Å². The fourth-order valence-electron chi connectivity index (χ4n) is 2.09. The van der Waals surface area contributed by atoms with Gasteiger partial charge in [-0.1, -0.05) is 61.7 Å². The van der Waals surface area contributed by atoms with Crippen LogP contribution in [0.15, 0.2) is 51.4 Å². The molecule has 23 heavy (non-hydrogen) atoms. The maximum Gasteiger partial charge on any atom is 0.326 e. The van der Waals surface area contributed by atoms with E-state index in [4.69, 9.17) is 0 Å². The zero-order chi connectivity index (χ0) is 17.0. The quantitative estimate of drug-likeness (QED) is 0.739. The molecule has 0 bridgehead atoms. The number of aliphatic carboxylic acids is 1. The maximum atomic E-state index is 12.3. The van der Waals surface area contributed by atoms with E-state index < -0.39 is 17.9 Å². The normalized spacial score (nSPS) is 11.8. The van der Waals surface area contributed by atoms with Crippen molar-refractivity contribution in [3.8, 4) is 0 Å². The lowest BCUT2D eigenvalue weighted by Gasteiger charge is -2.15. The van der Waals surface area contributed by atoms with Gasteiger partial charge in [-0.25, -0.2) is 4.79 Å². The average Bonchev–Trinajstić information content (AvgIpc) is 2.47. The molecule has 4 nitrogen and oxygen atoms in total. The Balaban J connectivity index is 2.14. The zero-order valence-corrected chi connectivity index (χ0v) is 15.5. The lowest BCUT2D eigenvalue weighted by Crippen LogP contribution is -2.42. The number of benzene rings is 2. The number of hydrogen-bond acceptors (Lipinski definition) is 2. The molecule has 1 amide bonds. The second kappa shape index (κ2) is 7.75. The van der Waals surface area contributed by atoms with Crippen LogP contribution < -0.4 is 5.32 Å². The van der Waals surface area contributed by atoms with Gasteiger partial charge in [0.2, 0.25) is 0 Å². The van der Waals surface area contributed by atoms with Crippen molar-refractivity contribution in [2.24, 2.45) is 0 Å². The van der Waals surface area contributed by atoms with Crippen molar-refractivity contribution in [2.75, 3.05) is 0 Å². The van der Waals surface area contributed by atoms with Crippen LogP contribution >= 0.6 is 31.9 Å². The number of rotatable bonds is 5. The SMILES string of the molecule is Cc1ccc(C[C@@H](NC(=O)c2cc(Br)cc(Br)c2)C(=O)O)cc1. The molecule has 0 saturated carbocycles. The van der Waals surface area contributed by atoms with Gasteiger partial charge in [0, 0.05) is 20.9 Å². The molecule has 6 heteroatoms. The summed E-state index contributed by atoms with van der Waals surface area (Å²) >= 11 is 6.62. The first kappa shape index (κ1) is 17.7. The molecular weight excluding hydrogens is 426 g/mol. The molecule has 2 rings (SSSR count). The van der Waals surface area contributed by atoms with E-state index in [0.717, 1.165) is 20.1 Å². The molecule has 2 aromatic carbocycles. The zero-order valence-electron chi connectivity index (χ0n) is 12.3. The first-order valence-corrected chi connectivity index (χ1v) is 8.49. The number of carboxylic acid groups (broad SMARTS) is 1. The highest BCUT2D eigenvalue weighted by Crippen LogP contribution is 2.20. The van der Waals surface area contributed by atoms with Crippen LogP contribution in [0.5, 0.6) is 0 Å². The first-order valence-electron chi connectivity index (χ1n) is 6.90. The summed E-state index contributed by atoms with van der Waals surface area (Å²) in [5, 5.41) is 11.9. The molecule has 2 aromatic rings. The largest absolute Gasteiger partial charge is 0.480 e. The Bertz CT molecular complexity index is 709.